The van der Waals surface area contributed by atoms with Gasteiger partial charge in [0.05, 0.1) is 16.8 Å². The van der Waals surface area contributed by atoms with E-state index in [4.69, 9.17) is 4.98 Å². The summed E-state index contributed by atoms with van der Waals surface area (Å²) in [6.07, 6.45) is 9.99. The number of fused-ring (bicyclic) bond motifs is 2. The molecule has 1 aliphatic heterocycles. The maximum absolute atomic E-state index is 13.6. The third kappa shape index (κ3) is 3.17. The van der Waals surface area contributed by atoms with Crippen LogP contribution in [0.5, 0.6) is 0 Å². The number of pyridine rings is 2. The number of para-hydroxylation sites is 1. The molecule has 0 spiro atoms. The van der Waals surface area contributed by atoms with Gasteiger partial charge in [-0.05, 0) is 48.9 Å². The molecule has 142 valence electrons. The molecule has 4 heteroatoms. The Morgan fingerprint density at radius 2 is 1.86 bits per heavy atom. The SMILES string of the molecule is O=C(c1cc(-c2cccnc2)nc2ccccc12)N1CC[C@@H]2CCCC[C@H]2C1. The Bertz CT molecular complexity index is 1000. The molecule has 0 radical (unpaired) electrons. The number of aromatic nitrogens is 2. The number of carbonyl (C=O) groups excluding carboxylic acids is 1. The van der Waals surface area contributed by atoms with Crippen molar-refractivity contribution in [3.8, 4) is 11.3 Å². The molecule has 1 saturated heterocycles. The van der Waals surface area contributed by atoms with E-state index in [0.717, 1.165) is 53.2 Å². The van der Waals surface area contributed by atoms with Gasteiger partial charge in [-0.2, -0.15) is 0 Å². The van der Waals surface area contributed by atoms with Crippen molar-refractivity contribution in [2.75, 3.05) is 13.1 Å². The fourth-order valence-electron chi connectivity index (χ4n) is 4.97. The number of benzene rings is 1. The Hall–Kier alpha value is -2.75. The molecule has 2 aliphatic rings. The summed E-state index contributed by atoms with van der Waals surface area (Å²) >= 11 is 0. The maximum Gasteiger partial charge on any atom is 0.254 e. The third-order valence-corrected chi connectivity index (χ3v) is 6.48. The molecule has 1 aromatic carbocycles. The van der Waals surface area contributed by atoms with Gasteiger partial charge in [-0.1, -0.05) is 37.5 Å². The van der Waals surface area contributed by atoms with Crippen LogP contribution in [0.1, 0.15) is 42.5 Å². The highest BCUT2D eigenvalue weighted by Gasteiger charge is 2.33. The first-order valence-corrected chi connectivity index (χ1v) is 10.4. The topological polar surface area (TPSA) is 46.1 Å². The van der Waals surface area contributed by atoms with Gasteiger partial charge < -0.3 is 4.90 Å². The number of carbonyl (C=O) groups is 1. The molecule has 1 saturated carbocycles. The number of amides is 1. The van der Waals surface area contributed by atoms with Crippen LogP contribution in [0, 0.1) is 11.8 Å². The van der Waals surface area contributed by atoms with E-state index < -0.39 is 0 Å². The van der Waals surface area contributed by atoms with Crippen LogP contribution in [0.15, 0.2) is 54.9 Å². The average Bonchev–Trinajstić information content (AvgIpc) is 2.78. The Labute approximate surface area is 165 Å². The van der Waals surface area contributed by atoms with E-state index in [1.165, 1.54) is 25.7 Å². The second-order valence-corrected chi connectivity index (χ2v) is 8.16. The van der Waals surface area contributed by atoms with Gasteiger partial charge in [-0.3, -0.25) is 9.78 Å². The molecular weight excluding hydrogens is 346 g/mol. The lowest BCUT2D eigenvalue weighted by Crippen LogP contribution is -2.44. The first kappa shape index (κ1) is 17.4. The van der Waals surface area contributed by atoms with Crippen LogP contribution in [0.25, 0.3) is 22.2 Å². The van der Waals surface area contributed by atoms with E-state index in [9.17, 15) is 4.79 Å². The highest BCUT2D eigenvalue weighted by molar-refractivity contribution is 6.07. The van der Waals surface area contributed by atoms with Crippen LogP contribution in [-0.2, 0) is 0 Å². The third-order valence-electron chi connectivity index (χ3n) is 6.48. The average molecular weight is 371 g/mol. The van der Waals surface area contributed by atoms with Crippen molar-refractivity contribution in [2.24, 2.45) is 11.8 Å². The van der Waals surface area contributed by atoms with E-state index in [0.29, 0.717) is 5.92 Å². The van der Waals surface area contributed by atoms with Gasteiger partial charge in [0.25, 0.3) is 5.91 Å². The second kappa shape index (κ2) is 7.34. The van der Waals surface area contributed by atoms with E-state index in [1.54, 1.807) is 12.4 Å². The number of nitrogens with zero attached hydrogens (tertiary/aromatic N) is 3. The van der Waals surface area contributed by atoms with Crippen LogP contribution in [0.4, 0.5) is 0 Å². The predicted molar refractivity (Wildman–Crippen MR) is 111 cm³/mol. The summed E-state index contributed by atoms with van der Waals surface area (Å²) in [4.78, 5) is 24.6. The molecule has 0 N–H and O–H groups in total. The minimum atomic E-state index is 0.146. The Kier molecular flexibility index (Phi) is 4.55. The number of piperidine rings is 1. The van der Waals surface area contributed by atoms with Crippen molar-refractivity contribution in [1.29, 1.82) is 0 Å². The van der Waals surface area contributed by atoms with Crippen LogP contribution in [-0.4, -0.2) is 33.9 Å². The highest BCUT2D eigenvalue weighted by Crippen LogP contribution is 2.37. The van der Waals surface area contributed by atoms with E-state index in [1.807, 2.05) is 42.5 Å². The lowest BCUT2D eigenvalue weighted by Gasteiger charge is -2.41. The molecule has 2 fully saturated rings. The first-order chi connectivity index (χ1) is 13.8. The van der Waals surface area contributed by atoms with Gasteiger partial charge in [0, 0.05) is 36.4 Å². The minimum absolute atomic E-state index is 0.146. The smallest absolute Gasteiger partial charge is 0.254 e. The summed E-state index contributed by atoms with van der Waals surface area (Å²) in [5.74, 6) is 1.64. The quantitative estimate of drug-likeness (QED) is 0.640. The van der Waals surface area contributed by atoms with Crippen molar-refractivity contribution < 1.29 is 4.79 Å². The van der Waals surface area contributed by atoms with Crippen molar-refractivity contribution in [2.45, 2.75) is 32.1 Å². The fraction of sp³-hybridized carbons (Fsp3) is 0.375. The van der Waals surface area contributed by atoms with Gasteiger partial charge >= 0.3 is 0 Å². The number of hydrogen-bond acceptors (Lipinski definition) is 3. The summed E-state index contributed by atoms with van der Waals surface area (Å²) in [5, 5.41) is 0.936. The maximum atomic E-state index is 13.6. The van der Waals surface area contributed by atoms with Crippen LogP contribution in [0.2, 0.25) is 0 Å². The van der Waals surface area contributed by atoms with Crippen LogP contribution < -0.4 is 0 Å². The lowest BCUT2D eigenvalue weighted by atomic mass is 9.75. The van der Waals surface area contributed by atoms with Crippen molar-refractivity contribution >= 4 is 16.8 Å². The van der Waals surface area contributed by atoms with Gasteiger partial charge in [0.15, 0.2) is 0 Å². The molecule has 2 atom stereocenters. The summed E-state index contributed by atoms with van der Waals surface area (Å²) in [6, 6.07) is 13.8. The van der Waals surface area contributed by atoms with Gasteiger partial charge in [-0.25, -0.2) is 4.98 Å². The molecule has 3 heterocycles. The zero-order valence-corrected chi connectivity index (χ0v) is 16.1. The first-order valence-electron chi connectivity index (χ1n) is 10.4. The summed E-state index contributed by atoms with van der Waals surface area (Å²) in [6.45, 7) is 1.78. The largest absolute Gasteiger partial charge is 0.338 e. The Morgan fingerprint density at radius 1 is 1.00 bits per heavy atom. The van der Waals surface area contributed by atoms with E-state index in [-0.39, 0.29) is 5.91 Å². The number of hydrogen-bond donors (Lipinski definition) is 0. The summed E-state index contributed by atoms with van der Waals surface area (Å²) in [7, 11) is 0. The number of rotatable bonds is 2. The Morgan fingerprint density at radius 3 is 2.71 bits per heavy atom. The Balaban J connectivity index is 1.53. The molecule has 1 amide bonds. The van der Waals surface area contributed by atoms with Gasteiger partial charge in [0.1, 0.15) is 0 Å². The summed E-state index contributed by atoms with van der Waals surface area (Å²) in [5.41, 5.74) is 3.37. The normalized spacial score (nSPS) is 22.1. The van der Waals surface area contributed by atoms with Crippen molar-refractivity contribution in [1.82, 2.24) is 14.9 Å². The molecule has 28 heavy (non-hydrogen) atoms. The van der Waals surface area contributed by atoms with Crippen LogP contribution >= 0.6 is 0 Å². The molecular formula is C24H25N3O. The van der Waals surface area contributed by atoms with Gasteiger partial charge in [0.2, 0.25) is 0 Å². The molecule has 1 aliphatic carbocycles. The highest BCUT2D eigenvalue weighted by atomic mass is 16.2. The van der Waals surface area contributed by atoms with E-state index in [2.05, 4.69) is 9.88 Å². The molecule has 2 aromatic heterocycles. The lowest BCUT2D eigenvalue weighted by molar-refractivity contribution is 0.0522. The zero-order valence-electron chi connectivity index (χ0n) is 16.1. The second-order valence-electron chi connectivity index (χ2n) is 8.16. The van der Waals surface area contributed by atoms with Crippen LogP contribution in [0.3, 0.4) is 0 Å². The predicted octanol–water partition coefficient (Wildman–Crippen LogP) is 4.95. The standard InChI is InChI=1S/C24H25N3O/c28-24(27-13-11-17-6-1-2-7-19(17)16-27)21-14-23(18-8-5-12-25-15-18)26-22-10-4-3-9-20(21)22/h3-5,8-10,12,14-15,17,19H,1-2,6-7,11,13,16H2/t17-,19-/m0/s1. The van der Waals surface area contributed by atoms with E-state index >= 15 is 0 Å². The molecule has 5 rings (SSSR count). The molecule has 0 unspecified atom stereocenters. The zero-order chi connectivity index (χ0) is 18.9. The molecule has 0 bridgehead atoms. The minimum Gasteiger partial charge on any atom is -0.338 e. The van der Waals surface area contributed by atoms with Crippen molar-refractivity contribution in [3.05, 3.63) is 60.4 Å². The molecule has 4 nitrogen and oxygen atoms in total. The summed E-state index contributed by atoms with van der Waals surface area (Å²) < 4.78 is 0. The fourth-order valence-corrected chi connectivity index (χ4v) is 4.97. The van der Waals surface area contributed by atoms with Crippen molar-refractivity contribution in [3.63, 3.8) is 0 Å². The monoisotopic (exact) mass is 371 g/mol. The van der Waals surface area contributed by atoms with Gasteiger partial charge in [-0.15, -0.1) is 0 Å². The molecule has 3 aromatic rings. The number of likely N-dealkylation sites (tertiary alicyclic amines) is 1.